The lowest BCUT2D eigenvalue weighted by molar-refractivity contribution is -0.0348. The van der Waals surface area contributed by atoms with E-state index < -0.39 is 0 Å². The van der Waals surface area contributed by atoms with Crippen molar-refractivity contribution in [3.63, 3.8) is 0 Å². The quantitative estimate of drug-likeness (QED) is 0.523. The van der Waals surface area contributed by atoms with Crippen LogP contribution < -0.4 is 0 Å². The van der Waals surface area contributed by atoms with Gasteiger partial charge in [-0.15, -0.1) is 0 Å². The Hall–Kier alpha value is 0. The zero-order valence-corrected chi connectivity index (χ0v) is 7.99. The molecule has 0 aromatic rings. The van der Waals surface area contributed by atoms with Crippen LogP contribution in [0.15, 0.2) is 0 Å². The summed E-state index contributed by atoms with van der Waals surface area (Å²) >= 11 is 0. The first kappa shape index (κ1) is 8.10. The van der Waals surface area contributed by atoms with Crippen LogP contribution in [0, 0.1) is 16.7 Å². The van der Waals surface area contributed by atoms with Crippen LogP contribution in [-0.2, 0) is 0 Å². The molecule has 1 saturated carbocycles. The van der Waals surface area contributed by atoms with E-state index in [1.807, 2.05) is 0 Å². The van der Waals surface area contributed by atoms with Crippen LogP contribution in [0.3, 0.4) is 0 Å². The molecule has 1 rings (SSSR count). The number of rotatable bonds is 1. The Bertz CT molecular complexity index is 123. The van der Waals surface area contributed by atoms with Crippen molar-refractivity contribution in [2.24, 2.45) is 16.7 Å². The minimum atomic E-state index is 0.638. The van der Waals surface area contributed by atoms with Crippen LogP contribution in [0.2, 0.25) is 0 Å². The minimum absolute atomic E-state index is 0.638. The number of hydrogen-bond acceptors (Lipinski definition) is 0. The fraction of sp³-hybridized carbons (Fsp3) is 1.00. The summed E-state index contributed by atoms with van der Waals surface area (Å²) in [5.41, 5.74) is 1.29. The Morgan fingerprint density at radius 2 is 1.40 bits per heavy atom. The van der Waals surface area contributed by atoms with Crippen LogP contribution in [0.1, 0.15) is 47.5 Å². The predicted octanol–water partition coefficient (Wildman–Crippen LogP) is 3.47. The van der Waals surface area contributed by atoms with Gasteiger partial charge in [0.25, 0.3) is 0 Å². The zero-order valence-electron chi connectivity index (χ0n) is 7.99. The van der Waals surface area contributed by atoms with Crippen molar-refractivity contribution in [2.75, 3.05) is 0 Å². The monoisotopic (exact) mass is 140 g/mol. The van der Waals surface area contributed by atoms with Crippen LogP contribution in [0.25, 0.3) is 0 Å². The van der Waals surface area contributed by atoms with E-state index in [0.717, 1.165) is 5.92 Å². The second-order valence-corrected chi connectivity index (χ2v) is 5.33. The van der Waals surface area contributed by atoms with Crippen LogP contribution in [0.4, 0.5) is 0 Å². The molecule has 0 saturated heterocycles. The minimum Gasteiger partial charge on any atom is -0.0623 e. The van der Waals surface area contributed by atoms with Crippen LogP contribution in [-0.4, -0.2) is 0 Å². The van der Waals surface area contributed by atoms with Gasteiger partial charge >= 0.3 is 0 Å². The summed E-state index contributed by atoms with van der Waals surface area (Å²) in [7, 11) is 0. The molecule has 0 nitrogen and oxygen atoms in total. The molecule has 0 unspecified atom stereocenters. The summed E-state index contributed by atoms with van der Waals surface area (Å²) < 4.78 is 0. The smallest absolute Gasteiger partial charge is 0.0293 e. The van der Waals surface area contributed by atoms with Crippen molar-refractivity contribution in [1.29, 1.82) is 0 Å². The van der Waals surface area contributed by atoms with Gasteiger partial charge in [0.05, 0.1) is 0 Å². The first-order chi connectivity index (χ1) is 4.36. The topological polar surface area (TPSA) is 0 Å². The SMILES string of the molecule is CC(C)C1(C)CC(C)(C)C1. The van der Waals surface area contributed by atoms with Crippen LogP contribution in [0.5, 0.6) is 0 Å². The molecule has 10 heavy (non-hydrogen) atoms. The maximum Gasteiger partial charge on any atom is -0.0293 e. The third-order valence-electron chi connectivity index (χ3n) is 3.16. The lowest BCUT2D eigenvalue weighted by Crippen LogP contribution is -2.44. The largest absolute Gasteiger partial charge is 0.0623 e. The molecule has 1 aliphatic carbocycles. The highest BCUT2D eigenvalue weighted by molar-refractivity contribution is 4.97. The van der Waals surface area contributed by atoms with E-state index in [1.165, 1.54) is 12.8 Å². The number of hydrogen-bond donors (Lipinski definition) is 0. The summed E-state index contributed by atoms with van der Waals surface area (Å²) in [6, 6.07) is 0. The van der Waals surface area contributed by atoms with Crippen molar-refractivity contribution < 1.29 is 0 Å². The van der Waals surface area contributed by atoms with Crippen molar-refractivity contribution in [3.05, 3.63) is 0 Å². The van der Waals surface area contributed by atoms with Crippen molar-refractivity contribution in [1.82, 2.24) is 0 Å². The van der Waals surface area contributed by atoms with Crippen molar-refractivity contribution in [3.8, 4) is 0 Å². The van der Waals surface area contributed by atoms with Crippen LogP contribution >= 0.6 is 0 Å². The van der Waals surface area contributed by atoms with Crippen molar-refractivity contribution in [2.45, 2.75) is 47.5 Å². The molecule has 0 amide bonds. The van der Waals surface area contributed by atoms with Gasteiger partial charge in [-0.1, -0.05) is 34.6 Å². The van der Waals surface area contributed by atoms with Gasteiger partial charge in [-0.2, -0.15) is 0 Å². The first-order valence-corrected chi connectivity index (χ1v) is 4.36. The molecule has 0 atom stereocenters. The average molecular weight is 140 g/mol. The molecule has 0 aliphatic heterocycles. The Morgan fingerprint density at radius 1 is 1.00 bits per heavy atom. The van der Waals surface area contributed by atoms with E-state index in [1.54, 1.807) is 0 Å². The van der Waals surface area contributed by atoms with E-state index in [-0.39, 0.29) is 0 Å². The summed E-state index contributed by atoms with van der Waals surface area (Å²) in [4.78, 5) is 0. The van der Waals surface area contributed by atoms with E-state index >= 15 is 0 Å². The molecule has 1 fully saturated rings. The summed E-state index contributed by atoms with van der Waals surface area (Å²) in [6.07, 6.45) is 2.83. The van der Waals surface area contributed by atoms with Crippen molar-refractivity contribution >= 4 is 0 Å². The van der Waals surface area contributed by atoms with E-state index in [2.05, 4.69) is 34.6 Å². The highest BCUT2D eigenvalue weighted by Gasteiger charge is 2.46. The summed E-state index contributed by atoms with van der Waals surface area (Å²) in [5.74, 6) is 0.862. The Balaban J connectivity index is 2.50. The summed E-state index contributed by atoms with van der Waals surface area (Å²) in [5, 5.41) is 0. The Kier molecular flexibility index (Phi) is 1.61. The van der Waals surface area contributed by atoms with Gasteiger partial charge in [-0.3, -0.25) is 0 Å². The zero-order chi connectivity index (χ0) is 7.99. The fourth-order valence-corrected chi connectivity index (χ4v) is 2.54. The molecule has 0 heteroatoms. The predicted molar refractivity (Wildman–Crippen MR) is 46.0 cm³/mol. The van der Waals surface area contributed by atoms with E-state index in [4.69, 9.17) is 0 Å². The lowest BCUT2D eigenvalue weighted by Gasteiger charge is -2.54. The summed E-state index contributed by atoms with van der Waals surface area (Å²) in [6.45, 7) is 11.8. The van der Waals surface area contributed by atoms with E-state index in [9.17, 15) is 0 Å². The molecular weight excluding hydrogens is 120 g/mol. The van der Waals surface area contributed by atoms with Gasteiger partial charge in [0, 0.05) is 0 Å². The highest BCUT2D eigenvalue weighted by Crippen LogP contribution is 2.57. The molecule has 0 spiro atoms. The first-order valence-electron chi connectivity index (χ1n) is 4.36. The lowest BCUT2D eigenvalue weighted by atomic mass is 9.51. The Morgan fingerprint density at radius 3 is 1.50 bits per heavy atom. The molecular formula is C10H20. The van der Waals surface area contributed by atoms with Gasteiger partial charge in [-0.25, -0.2) is 0 Å². The Labute approximate surface area is 65.0 Å². The maximum absolute atomic E-state index is 2.42. The van der Waals surface area contributed by atoms with Gasteiger partial charge in [0.1, 0.15) is 0 Å². The third-order valence-corrected chi connectivity index (χ3v) is 3.16. The van der Waals surface area contributed by atoms with E-state index in [0.29, 0.717) is 10.8 Å². The maximum atomic E-state index is 2.42. The molecule has 0 aromatic heterocycles. The highest BCUT2D eigenvalue weighted by atomic mass is 14.5. The van der Waals surface area contributed by atoms with Gasteiger partial charge in [0.2, 0.25) is 0 Å². The molecule has 0 N–H and O–H groups in total. The molecule has 60 valence electrons. The van der Waals surface area contributed by atoms with Gasteiger partial charge in [0.15, 0.2) is 0 Å². The standard InChI is InChI=1S/C10H20/c1-8(2)10(5)6-9(3,4)7-10/h8H,6-7H2,1-5H3. The van der Waals surface area contributed by atoms with Gasteiger partial charge in [-0.05, 0) is 29.6 Å². The molecule has 0 heterocycles. The second kappa shape index (κ2) is 1.99. The average Bonchev–Trinajstić information content (AvgIpc) is 1.59. The molecule has 0 radical (unpaired) electrons. The molecule has 0 bridgehead atoms. The van der Waals surface area contributed by atoms with Gasteiger partial charge < -0.3 is 0 Å². The molecule has 1 aliphatic rings. The second-order valence-electron chi connectivity index (χ2n) is 5.33. The fourth-order valence-electron chi connectivity index (χ4n) is 2.54. The normalized spacial score (nSPS) is 28.2. The molecule has 0 aromatic carbocycles. The third kappa shape index (κ3) is 1.21.